The van der Waals surface area contributed by atoms with Gasteiger partial charge in [-0.3, -0.25) is 0 Å². The van der Waals surface area contributed by atoms with Crippen molar-refractivity contribution in [1.29, 1.82) is 0 Å². The summed E-state index contributed by atoms with van der Waals surface area (Å²) in [7, 11) is 1.66. The summed E-state index contributed by atoms with van der Waals surface area (Å²) >= 11 is 9.32. The largest absolute Gasteiger partial charge is 0.493 e. The first kappa shape index (κ1) is 18.2. The first-order chi connectivity index (χ1) is 12.1. The number of benzene rings is 2. The van der Waals surface area contributed by atoms with E-state index in [-0.39, 0.29) is 0 Å². The third kappa shape index (κ3) is 4.33. The van der Waals surface area contributed by atoms with Gasteiger partial charge in [0.2, 0.25) is 0 Å². The van der Waals surface area contributed by atoms with Crippen molar-refractivity contribution in [1.82, 2.24) is 4.90 Å². The van der Waals surface area contributed by atoms with Crippen LogP contribution in [0.25, 0.3) is 0 Å². The average Bonchev–Trinajstić information content (AvgIpc) is 3.15. The Labute approximate surface area is 163 Å². The molecule has 0 radical (unpaired) electrons. The van der Waals surface area contributed by atoms with Crippen LogP contribution in [0, 0.1) is 6.92 Å². The molecule has 1 aliphatic heterocycles. The van der Waals surface area contributed by atoms with E-state index in [0.29, 0.717) is 18.1 Å². The van der Waals surface area contributed by atoms with E-state index in [1.165, 1.54) is 18.4 Å². The molecule has 1 heterocycles. The molecular weight excluding hydrogens is 398 g/mol. The minimum absolute atomic E-state index is 0.499. The highest BCUT2D eigenvalue weighted by Gasteiger charge is 2.20. The summed E-state index contributed by atoms with van der Waals surface area (Å²) in [6.45, 7) is 4.63. The highest BCUT2D eigenvalue weighted by molar-refractivity contribution is 9.10. The first-order valence-corrected chi connectivity index (χ1v) is 9.64. The van der Waals surface area contributed by atoms with Crippen LogP contribution in [0.15, 0.2) is 40.9 Å². The quantitative estimate of drug-likeness (QED) is 0.627. The molecule has 0 saturated carbocycles. The molecule has 0 atom stereocenters. The number of rotatable bonds is 5. The SMILES string of the molecule is COc1cc(C(=S)N2CCCC2)c(Br)cc1OCc1ccc(C)cc1. The molecule has 25 heavy (non-hydrogen) atoms. The number of thiocarbonyl (C=S) groups is 1. The fourth-order valence-corrected chi connectivity index (χ4v) is 3.90. The van der Waals surface area contributed by atoms with Crippen molar-refractivity contribution >= 4 is 33.1 Å². The Morgan fingerprint density at radius 3 is 2.44 bits per heavy atom. The second-order valence-corrected chi connectivity index (χ2v) is 7.50. The van der Waals surface area contributed by atoms with Crippen LogP contribution in [-0.2, 0) is 6.61 Å². The molecule has 0 unspecified atom stereocenters. The molecule has 1 aliphatic rings. The van der Waals surface area contributed by atoms with Gasteiger partial charge >= 0.3 is 0 Å². The molecule has 132 valence electrons. The molecule has 5 heteroatoms. The predicted octanol–water partition coefficient (Wildman–Crippen LogP) is 5.12. The van der Waals surface area contributed by atoms with Gasteiger partial charge in [-0.05, 0) is 53.4 Å². The van der Waals surface area contributed by atoms with Crippen molar-refractivity contribution in [2.45, 2.75) is 26.4 Å². The van der Waals surface area contributed by atoms with E-state index < -0.39 is 0 Å². The van der Waals surface area contributed by atoms with Gasteiger partial charge in [0.15, 0.2) is 11.5 Å². The molecule has 0 aromatic heterocycles. The van der Waals surface area contributed by atoms with Crippen molar-refractivity contribution in [3.8, 4) is 11.5 Å². The van der Waals surface area contributed by atoms with Gasteiger partial charge in [0.1, 0.15) is 11.6 Å². The smallest absolute Gasteiger partial charge is 0.162 e. The van der Waals surface area contributed by atoms with Crippen LogP contribution >= 0.6 is 28.1 Å². The molecule has 3 nitrogen and oxygen atoms in total. The number of methoxy groups -OCH3 is 1. The van der Waals surface area contributed by atoms with Crippen LogP contribution in [0.5, 0.6) is 11.5 Å². The summed E-state index contributed by atoms with van der Waals surface area (Å²) in [4.78, 5) is 3.12. The molecular formula is C20H22BrNO2S. The molecule has 0 aliphatic carbocycles. The van der Waals surface area contributed by atoms with Crippen LogP contribution in [0.4, 0.5) is 0 Å². The lowest BCUT2D eigenvalue weighted by Gasteiger charge is -2.21. The van der Waals surface area contributed by atoms with Crippen LogP contribution in [0.3, 0.4) is 0 Å². The molecule has 0 amide bonds. The lowest BCUT2D eigenvalue weighted by Crippen LogP contribution is -2.27. The Kier molecular flexibility index (Phi) is 5.97. The fraction of sp³-hybridized carbons (Fsp3) is 0.350. The topological polar surface area (TPSA) is 21.7 Å². The molecule has 0 spiro atoms. The minimum Gasteiger partial charge on any atom is -0.493 e. The summed E-state index contributed by atoms with van der Waals surface area (Å²) < 4.78 is 12.5. The number of hydrogen-bond acceptors (Lipinski definition) is 3. The predicted molar refractivity (Wildman–Crippen MR) is 109 cm³/mol. The Morgan fingerprint density at radius 1 is 1.12 bits per heavy atom. The summed E-state index contributed by atoms with van der Waals surface area (Å²) in [6.07, 6.45) is 2.40. The van der Waals surface area contributed by atoms with E-state index in [4.69, 9.17) is 21.7 Å². The van der Waals surface area contributed by atoms with Gasteiger partial charge in [0.25, 0.3) is 0 Å². The van der Waals surface area contributed by atoms with Gasteiger partial charge < -0.3 is 14.4 Å². The maximum atomic E-state index is 5.98. The second kappa shape index (κ2) is 8.19. The highest BCUT2D eigenvalue weighted by Crippen LogP contribution is 2.35. The summed E-state index contributed by atoms with van der Waals surface area (Å²) in [5.74, 6) is 1.41. The van der Waals surface area contributed by atoms with E-state index in [2.05, 4.69) is 52.0 Å². The fourth-order valence-electron chi connectivity index (χ4n) is 2.91. The minimum atomic E-state index is 0.499. The van der Waals surface area contributed by atoms with E-state index in [0.717, 1.165) is 33.7 Å². The number of hydrogen-bond donors (Lipinski definition) is 0. The lowest BCUT2D eigenvalue weighted by atomic mass is 10.1. The maximum absolute atomic E-state index is 5.98. The van der Waals surface area contributed by atoms with E-state index in [1.54, 1.807) is 7.11 Å². The number of halogens is 1. The normalized spacial score (nSPS) is 13.8. The summed E-state index contributed by atoms with van der Waals surface area (Å²) in [5.41, 5.74) is 3.35. The first-order valence-electron chi connectivity index (χ1n) is 8.43. The Morgan fingerprint density at radius 2 is 1.80 bits per heavy atom. The van der Waals surface area contributed by atoms with Crippen LogP contribution in [0.1, 0.15) is 29.5 Å². The number of nitrogens with zero attached hydrogens (tertiary/aromatic N) is 1. The Bertz CT molecular complexity index is 755. The van der Waals surface area contributed by atoms with Gasteiger partial charge in [0, 0.05) is 23.1 Å². The monoisotopic (exact) mass is 419 g/mol. The van der Waals surface area contributed by atoms with Gasteiger partial charge in [-0.25, -0.2) is 0 Å². The van der Waals surface area contributed by atoms with Crippen LogP contribution in [-0.4, -0.2) is 30.1 Å². The molecule has 0 N–H and O–H groups in total. The van der Waals surface area contributed by atoms with E-state index >= 15 is 0 Å². The van der Waals surface area contributed by atoms with Gasteiger partial charge in [-0.1, -0.05) is 42.0 Å². The molecule has 1 fully saturated rings. The summed E-state index contributed by atoms with van der Waals surface area (Å²) in [6, 6.07) is 12.2. The number of aryl methyl sites for hydroxylation is 1. The van der Waals surface area contributed by atoms with Crippen LogP contribution < -0.4 is 9.47 Å². The second-order valence-electron chi connectivity index (χ2n) is 6.26. The van der Waals surface area contributed by atoms with Gasteiger partial charge in [0.05, 0.1) is 7.11 Å². The Balaban J connectivity index is 1.79. The molecule has 1 saturated heterocycles. The van der Waals surface area contributed by atoms with Crippen LogP contribution in [0.2, 0.25) is 0 Å². The molecule has 3 rings (SSSR count). The zero-order valence-corrected chi connectivity index (χ0v) is 17.0. The zero-order valence-electron chi connectivity index (χ0n) is 14.5. The Hall–Kier alpha value is -1.59. The van der Waals surface area contributed by atoms with Gasteiger partial charge in [-0.15, -0.1) is 0 Å². The summed E-state index contributed by atoms with van der Waals surface area (Å²) in [5, 5.41) is 0. The van der Waals surface area contributed by atoms with Crippen molar-refractivity contribution < 1.29 is 9.47 Å². The van der Waals surface area contributed by atoms with Crippen molar-refractivity contribution in [3.05, 3.63) is 57.6 Å². The third-order valence-electron chi connectivity index (χ3n) is 4.39. The molecule has 0 bridgehead atoms. The number of ether oxygens (including phenoxy) is 2. The van der Waals surface area contributed by atoms with Crippen molar-refractivity contribution in [2.24, 2.45) is 0 Å². The maximum Gasteiger partial charge on any atom is 0.162 e. The highest BCUT2D eigenvalue weighted by atomic mass is 79.9. The zero-order chi connectivity index (χ0) is 17.8. The van der Waals surface area contributed by atoms with Crippen molar-refractivity contribution in [2.75, 3.05) is 20.2 Å². The third-order valence-corrected chi connectivity index (χ3v) is 5.53. The molecule has 2 aromatic carbocycles. The van der Waals surface area contributed by atoms with E-state index in [9.17, 15) is 0 Å². The van der Waals surface area contributed by atoms with Crippen molar-refractivity contribution in [3.63, 3.8) is 0 Å². The van der Waals surface area contributed by atoms with E-state index in [1.807, 2.05) is 12.1 Å². The standard InChI is InChI=1S/C20H22BrNO2S/c1-14-5-7-15(8-6-14)13-24-19-12-17(21)16(11-18(19)23-2)20(25)22-9-3-4-10-22/h5-8,11-12H,3-4,9-10,13H2,1-2H3. The average molecular weight is 420 g/mol. The molecule has 2 aromatic rings. The van der Waals surface area contributed by atoms with Gasteiger partial charge in [-0.2, -0.15) is 0 Å². The number of likely N-dealkylation sites (tertiary alicyclic amines) is 1. The lowest BCUT2D eigenvalue weighted by molar-refractivity contribution is 0.284.